The number of fused-ring (bicyclic) bond motifs is 1. The third kappa shape index (κ3) is 2.33. The van der Waals surface area contributed by atoms with Crippen LogP contribution >= 0.6 is 0 Å². The number of furan rings is 1. The van der Waals surface area contributed by atoms with E-state index in [-0.39, 0.29) is 5.54 Å². The number of rotatable bonds is 5. The van der Waals surface area contributed by atoms with Crippen LogP contribution in [-0.2, 0) is 6.54 Å². The van der Waals surface area contributed by atoms with Crippen molar-refractivity contribution < 1.29 is 4.42 Å². The Balaban J connectivity index is 1.62. The first-order chi connectivity index (χ1) is 10.3. The van der Waals surface area contributed by atoms with Crippen LogP contribution in [0.25, 0.3) is 0 Å². The molecule has 2 N–H and O–H groups in total. The number of nitrogens with zero attached hydrogens (tertiary/aromatic N) is 2. The van der Waals surface area contributed by atoms with Gasteiger partial charge in [-0.2, -0.15) is 0 Å². The van der Waals surface area contributed by atoms with E-state index >= 15 is 0 Å². The van der Waals surface area contributed by atoms with Gasteiger partial charge in [0.15, 0.2) is 0 Å². The normalized spacial score (nSPS) is 33.5. The number of hydrogen-bond donors (Lipinski definition) is 1. The number of nitrogens with two attached hydrogens (primary N) is 1. The van der Waals surface area contributed by atoms with E-state index in [1.807, 2.05) is 6.07 Å². The third-order valence-electron chi connectivity index (χ3n) is 5.89. The molecule has 116 valence electrons. The monoisotopic (exact) mass is 289 g/mol. The molecule has 0 radical (unpaired) electrons. The molecular weight excluding hydrogens is 262 g/mol. The van der Waals surface area contributed by atoms with Crippen molar-refractivity contribution in [2.24, 2.45) is 5.73 Å². The van der Waals surface area contributed by atoms with Crippen LogP contribution in [0.4, 0.5) is 0 Å². The summed E-state index contributed by atoms with van der Waals surface area (Å²) in [5, 5.41) is 0. The highest BCUT2D eigenvalue weighted by Gasteiger charge is 2.53. The summed E-state index contributed by atoms with van der Waals surface area (Å²) in [6.07, 6.45) is 9.71. The molecule has 4 heteroatoms. The Morgan fingerprint density at radius 1 is 1.29 bits per heavy atom. The molecule has 2 unspecified atom stereocenters. The molecule has 1 aliphatic carbocycles. The maximum absolute atomic E-state index is 6.37. The standard InChI is InChI=1S/C17H27N3O/c18-13-17(8-10-19-9-2-1-5-16(17)19)20(14-6-7-14)12-15-4-3-11-21-15/h3-4,11,14,16H,1-2,5-10,12-13,18H2. The molecule has 2 saturated heterocycles. The van der Waals surface area contributed by atoms with Gasteiger partial charge >= 0.3 is 0 Å². The van der Waals surface area contributed by atoms with Crippen LogP contribution in [0.3, 0.4) is 0 Å². The van der Waals surface area contributed by atoms with Crippen molar-refractivity contribution in [2.45, 2.75) is 62.7 Å². The molecule has 0 spiro atoms. The predicted molar refractivity (Wildman–Crippen MR) is 82.9 cm³/mol. The van der Waals surface area contributed by atoms with Crippen LogP contribution in [-0.4, -0.2) is 47.1 Å². The van der Waals surface area contributed by atoms with E-state index in [0.717, 1.165) is 24.9 Å². The van der Waals surface area contributed by atoms with Gasteiger partial charge in [-0.25, -0.2) is 0 Å². The lowest BCUT2D eigenvalue weighted by Gasteiger charge is -2.47. The topological polar surface area (TPSA) is 45.6 Å². The highest BCUT2D eigenvalue weighted by atomic mass is 16.3. The predicted octanol–water partition coefficient (Wildman–Crippen LogP) is 2.20. The quantitative estimate of drug-likeness (QED) is 0.902. The van der Waals surface area contributed by atoms with Crippen LogP contribution in [0.15, 0.2) is 22.8 Å². The maximum Gasteiger partial charge on any atom is 0.117 e. The van der Waals surface area contributed by atoms with Gasteiger partial charge in [-0.3, -0.25) is 9.80 Å². The summed E-state index contributed by atoms with van der Waals surface area (Å²) in [6, 6.07) is 5.48. The Labute approximate surface area is 127 Å². The summed E-state index contributed by atoms with van der Waals surface area (Å²) >= 11 is 0. The highest BCUT2D eigenvalue weighted by Crippen LogP contribution is 2.44. The smallest absolute Gasteiger partial charge is 0.117 e. The van der Waals surface area contributed by atoms with Gasteiger partial charge < -0.3 is 10.2 Å². The molecule has 2 atom stereocenters. The SMILES string of the molecule is NCC1(N(Cc2ccco2)C2CC2)CCN2CCCCC21. The van der Waals surface area contributed by atoms with E-state index in [1.165, 1.54) is 51.6 Å². The average Bonchev–Trinajstić information content (AvgIpc) is 3.10. The highest BCUT2D eigenvalue weighted by molar-refractivity contribution is 5.13. The zero-order valence-corrected chi connectivity index (χ0v) is 12.8. The third-order valence-corrected chi connectivity index (χ3v) is 5.89. The fourth-order valence-electron chi connectivity index (χ4n) is 4.67. The minimum atomic E-state index is 0.175. The van der Waals surface area contributed by atoms with Gasteiger partial charge in [0.25, 0.3) is 0 Å². The second kappa shape index (κ2) is 5.41. The lowest BCUT2D eigenvalue weighted by molar-refractivity contribution is 0.0205. The zero-order valence-electron chi connectivity index (χ0n) is 12.8. The molecule has 4 nitrogen and oxygen atoms in total. The van der Waals surface area contributed by atoms with Gasteiger partial charge in [-0.15, -0.1) is 0 Å². The van der Waals surface area contributed by atoms with Crippen molar-refractivity contribution in [3.8, 4) is 0 Å². The Morgan fingerprint density at radius 2 is 2.19 bits per heavy atom. The fraction of sp³-hybridized carbons (Fsp3) is 0.765. The second-order valence-electron chi connectivity index (χ2n) is 7.04. The van der Waals surface area contributed by atoms with Crippen LogP contribution in [0.2, 0.25) is 0 Å². The molecule has 1 aromatic rings. The summed E-state index contributed by atoms with van der Waals surface area (Å²) < 4.78 is 5.63. The van der Waals surface area contributed by atoms with Crippen molar-refractivity contribution in [3.63, 3.8) is 0 Å². The molecule has 0 amide bonds. The summed E-state index contributed by atoms with van der Waals surface area (Å²) in [5.41, 5.74) is 6.55. The van der Waals surface area contributed by atoms with Gasteiger partial charge in [0.05, 0.1) is 18.3 Å². The van der Waals surface area contributed by atoms with E-state index in [0.29, 0.717) is 6.04 Å². The fourth-order valence-corrected chi connectivity index (χ4v) is 4.67. The van der Waals surface area contributed by atoms with Crippen LogP contribution < -0.4 is 5.73 Å². The summed E-state index contributed by atoms with van der Waals surface area (Å²) in [4.78, 5) is 5.41. The van der Waals surface area contributed by atoms with E-state index in [9.17, 15) is 0 Å². The van der Waals surface area contributed by atoms with Crippen molar-refractivity contribution in [1.29, 1.82) is 0 Å². The molecule has 2 aliphatic heterocycles. The lowest BCUT2D eigenvalue weighted by Crippen LogP contribution is -2.62. The Bertz CT molecular complexity index is 470. The van der Waals surface area contributed by atoms with E-state index in [1.54, 1.807) is 6.26 Å². The molecule has 0 bridgehead atoms. The molecule has 1 saturated carbocycles. The first kappa shape index (κ1) is 13.8. The number of piperidine rings is 1. The van der Waals surface area contributed by atoms with Crippen molar-refractivity contribution in [3.05, 3.63) is 24.2 Å². The molecule has 3 heterocycles. The first-order valence-electron chi connectivity index (χ1n) is 8.57. The largest absolute Gasteiger partial charge is 0.468 e. The number of hydrogen-bond acceptors (Lipinski definition) is 4. The summed E-state index contributed by atoms with van der Waals surface area (Å²) in [6.45, 7) is 4.21. The molecule has 3 aliphatic rings. The lowest BCUT2D eigenvalue weighted by atomic mass is 9.83. The van der Waals surface area contributed by atoms with Crippen molar-refractivity contribution >= 4 is 0 Å². The summed E-state index contributed by atoms with van der Waals surface area (Å²) in [7, 11) is 0. The van der Waals surface area contributed by atoms with Gasteiger partial charge in [0.2, 0.25) is 0 Å². The Morgan fingerprint density at radius 3 is 2.90 bits per heavy atom. The van der Waals surface area contributed by atoms with Gasteiger partial charge in [0, 0.05) is 25.2 Å². The van der Waals surface area contributed by atoms with Crippen LogP contribution in [0.1, 0.15) is 44.3 Å². The van der Waals surface area contributed by atoms with Crippen molar-refractivity contribution in [2.75, 3.05) is 19.6 Å². The summed E-state index contributed by atoms with van der Waals surface area (Å²) in [5.74, 6) is 1.09. The second-order valence-corrected chi connectivity index (χ2v) is 7.04. The van der Waals surface area contributed by atoms with Gasteiger partial charge in [-0.05, 0) is 50.8 Å². The van der Waals surface area contributed by atoms with Crippen LogP contribution in [0, 0.1) is 0 Å². The molecular formula is C17H27N3O. The molecule has 21 heavy (non-hydrogen) atoms. The van der Waals surface area contributed by atoms with Crippen molar-refractivity contribution in [1.82, 2.24) is 9.80 Å². The first-order valence-corrected chi connectivity index (χ1v) is 8.57. The molecule has 4 rings (SSSR count). The molecule has 0 aromatic carbocycles. The minimum Gasteiger partial charge on any atom is -0.468 e. The van der Waals surface area contributed by atoms with Crippen LogP contribution in [0.5, 0.6) is 0 Å². The van der Waals surface area contributed by atoms with E-state index < -0.39 is 0 Å². The molecule has 1 aromatic heterocycles. The Hall–Kier alpha value is -0.840. The Kier molecular flexibility index (Phi) is 3.56. The molecule has 3 fully saturated rings. The maximum atomic E-state index is 6.37. The zero-order chi connectivity index (χ0) is 14.3. The van der Waals surface area contributed by atoms with Gasteiger partial charge in [0.1, 0.15) is 5.76 Å². The van der Waals surface area contributed by atoms with E-state index in [4.69, 9.17) is 10.2 Å². The average molecular weight is 289 g/mol. The van der Waals surface area contributed by atoms with Gasteiger partial charge in [-0.1, -0.05) is 6.42 Å². The minimum absolute atomic E-state index is 0.175. The van der Waals surface area contributed by atoms with E-state index in [2.05, 4.69) is 15.9 Å².